The molecule has 0 radical (unpaired) electrons. The van der Waals surface area contributed by atoms with Crippen LogP contribution in [0.3, 0.4) is 0 Å². The number of anilines is 1. The van der Waals surface area contributed by atoms with Gasteiger partial charge in [-0.1, -0.05) is 17.7 Å². The fourth-order valence-corrected chi connectivity index (χ4v) is 2.96. The number of nitrogens with one attached hydrogen (secondary N) is 1. The number of piperidine rings is 1. The van der Waals surface area contributed by atoms with E-state index in [1.807, 2.05) is 13.0 Å². The molecule has 2 aromatic heterocycles. The number of rotatable bonds is 3. The molecule has 1 saturated heterocycles. The van der Waals surface area contributed by atoms with Gasteiger partial charge in [-0.15, -0.1) is 0 Å². The van der Waals surface area contributed by atoms with Crippen molar-refractivity contribution >= 4 is 29.2 Å². The molecule has 1 N–H and O–H groups in total. The minimum Gasteiger partial charge on any atom is -0.337 e. The van der Waals surface area contributed by atoms with Crippen molar-refractivity contribution in [2.75, 3.05) is 18.4 Å². The third kappa shape index (κ3) is 4.33. The molecule has 0 atom stereocenters. The summed E-state index contributed by atoms with van der Waals surface area (Å²) >= 11 is 5.91. The number of carbonyl (C=O) groups is 2. The first-order valence-corrected chi connectivity index (χ1v) is 8.55. The number of nitrogens with zero attached hydrogens (tertiary/aromatic N) is 3. The van der Waals surface area contributed by atoms with E-state index < -0.39 is 0 Å². The van der Waals surface area contributed by atoms with Crippen LogP contribution in [0.2, 0.25) is 5.02 Å². The highest BCUT2D eigenvalue weighted by Crippen LogP contribution is 2.21. The van der Waals surface area contributed by atoms with Crippen molar-refractivity contribution in [1.82, 2.24) is 14.9 Å². The lowest BCUT2D eigenvalue weighted by molar-refractivity contribution is -0.121. The molecule has 130 valence electrons. The van der Waals surface area contributed by atoms with Crippen molar-refractivity contribution in [3.8, 4) is 0 Å². The first-order valence-electron chi connectivity index (χ1n) is 8.17. The average molecular weight is 359 g/mol. The Balaban J connectivity index is 1.55. The molecule has 0 saturated carbocycles. The van der Waals surface area contributed by atoms with Gasteiger partial charge in [-0.25, -0.2) is 4.98 Å². The smallest absolute Gasteiger partial charge is 0.272 e. The Hall–Kier alpha value is -2.47. The molecule has 7 heteroatoms. The molecule has 3 heterocycles. The maximum atomic E-state index is 12.4. The Labute approximate surface area is 151 Å². The second kappa shape index (κ2) is 7.61. The van der Waals surface area contributed by atoms with Crippen LogP contribution in [0.1, 0.15) is 28.9 Å². The van der Waals surface area contributed by atoms with Crippen molar-refractivity contribution in [2.24, 2.45) is 5.92 Å². The van der Waals surface area contributed by atoms with Gasteiger partial charge in [-0.2, -0.15) is 0 Å². The van der Waals surface area contributed by atoms with Crippen molar-refractivity contribution in [2.45, 2.75) is 19.8 Å². The van der Waals surface area contributed by atoms with Crippen LogP contribution in [0.15, 0.2) is 36.7 Å². The molecule has 1 aliphatic heterocycles. The van der Waals surface area contributed by atoms with Crippen LogP contribution < -0.4 is 5.32 Å². The number of pyridine rings is 2. The molecule has 1 aliphatic rings. The summed E-state index contributed by atoms with van der Waals surface area (Å²) in [5, 5.41) is 3.32. The molecule has 0 unspecified atom stereocenters. The molecule has 0 aliphatic carbocycles. The third-order valence-corrected chi connectivity index (χ3v) is 4.49. The lowest BCUT2D eigenvalue weighted by Crippen LogP contribution is -2.41. The highest BCUT2D eigenvalue weighted by atomic mass is 35.5. The van der Waals surface area contributed by atoms with Crippen molar-refractivity contribution in [1.29, 1.82) is 0 Å². The van der Waals surface area contributed by atoms with Gasteiger partial charge in [-0.05, 0) is 43.5 Å². The van der Waals surface area contributed by atoms with Gasteiger partial charge in [0.25, 0.3) is 5.91 Å². The number of aromatic nitrogens is 2. The van der Waals surface area contributed by atoms with Crippen LogP contribution in [-0.2, 0) is 4.79 Å². The van der Waals surface area contributed by atoms with Gasteiger partial charge in [0.15, 0.2) is 0 Å². The fourth-order valence-electron chi connectivity index (χ4n) is 2.80. The van der Waals surface area contributed by atoms with Crippen molar-refractivity contribution in [3.05, 3.63) is 52.9 Å². The first kappa shape index (κ1) is 17.4. The minimum absolute atomic E-state index is 0.0515. The first-order chi connectivity index (χ1) is 12.0. The lowest BCUT2D eigenvalue weighted by atomic mass is 9.95. The van der Waals surface area contributed by atoms with Gasteiger partial charge >= 0.3 is 0 Å². The van der Waals surface area contributed by atoms with E-state index in [-0.39, 0.29) is 17.7 Å². The van der Waals surface area contributed by atoms with E-state index in [1.54, 1.807) is 29.3 Å². The molecule has 0 aromatic carbocycles. The largest absolute Gasteiger partial charge is 0.337 e. The van der Waals surface area contributed by atoms with E-state index in [1.165, 1.54) is 6.20 Å². The molecule has 2 amide bonds. The Morgan fingerprint density at radius 1 is 1.20 bits per heavy atom. The third-order valence-electron chi connectivity index (χ3n) is 4.26. The standard InChI is InChI=1S/C18H19ClN4O2/c1-12-2-3-16(21-11-12)22-17(24)13-5-8-23(9-6-13)18(25)15-10-14(19)4-7-20-15/h2-4,7,10-11,13H,5-6,8-9H2,1H3,(H,21,22,24). The number of aryl methyl sites for hydroxylation is 1. The monoisotopic (exact) mass is 358 g/mol. The molecule has 2 aromatic rings. The van der Waals surface area contributed by atoms with Gasteiger partial charge in [0.1, 0.15) is 11.5 Å². The van der Waals surface area contributed by atoms with E-state index in [0.29, 0.717) is 42.5 Å². The summed E-state index contributed by atoms with van der Waals surface area (Å²) in [4.78, 5) is 34.8. The Morgan fingerprint density at radius 3 is 2.60 bits per heavy atom. The maximum absolute atomic E-state index is 12.4. The van der Waals surface area contributed by atoms with Gasteiger partial charge in [0.2, 0.25) is 5.91 Å². The van der Waals surface area contributed by atoms with E-state index >= 15 is 0 Å². The number of hydrogen-bond donors (Lipinski definition) is 1. The van der Waals surface area contributed by atoms with Crippen LogP contribution in [0.25, 0.3) is 0 Å². The fraction of sp³-hybridized carbons (Fsp3) is 0.333. The van der Waals surface area contributed by atoms with Gasteiger partial charge in [-0.3, -0.25) is 14.6 Å². The highest BCUT2D eigenvalue weighted by molar-refractivity contribution is 6.30. The Morgan fingerprint density at radius 2 is 1.96 bits per heavy atom. The quantitative estimate of drug-likeness (QED) is 0.915. The van der Waals surface area contributed by atoms with Crippen LogP contribution in [0.4, 0.5) is 5.82 Å². The van der Waals surface area contributed by atoms with E-state index in [2.05, 4.69) is 15.3 Å². The van der Waals surface area contributed by atoms with Crippen molar-refractivity contribution < 1.29 is 9.59 Å². The number of likely N-dealkylation sites (tertiary alicyclic amines) is 1. The van der Waals surface area contributed by atoms with E-state index in [4.69, 9.17) is 11.6 Å². The zero-order valence-corrected chi connectivity index (χ0v) is 14.7. The number of halogens is 1. The zero-order chi connectivity index (χ0) is 17.8. The SMILES string of the molecule is Cc1ccc(NC(=O)C2CCN(C(=O)c3cc(Cl)ccn3)CC2)nc1. The molecule has 25 heavy (non-hydrogen) atoms. The van der Waals surface area contributed by atoms with Gasteiger partial charge < -0.3 is 10.2 Å². The number of amides is 2. The van der Waals surface area contributed by atoms with Gasteiger partial charge in [0, 0.05) is 36.4 Å². The number of hydrogen-bond acceptors (Lipinski definition) is 4. The average Bonchev–Trinajstić information content (AvgIpc) is 2.63. The van der Waals surface area contributed by atoms with Crippen LogP contribution in [-0.4, -0.2) is 39.8 Å². The Kier molecular flexibility index (Phi) is 5.28. The highest BCUT2D eigenvalue weighted by Gasteiger charge is 2.28. The second-order valence-corrected chi connectivity index (χ2v) is 6.57. The lowest BCUT2D eigenvalue weighted by Gasteiger charge is -2.31. The summed E-state index contributed by atoms with van der Waals surface area (Å²) in [6.07, 6.45) is 4.47. The summed E-state index contributed by atoms with van der Waals surface area (Å²) in [5.41, 5.74) is 1.37. The van der Waals surface area contributed by atoms with Gasteiger partial charge in [0.05, 0.1) is 0 Å². The topological polar surface area (TPSA) is 75.2 Å². The summed E-state index contributed by atoms with van der Waals surface area (Å²) < 4.78 is 0. The molecule has 3 rings (SSSR count). The molecule has 0 bridgehead atoms. The molecule has 0 spiro atoms. The Bertz CT molecular complexity index is 771. The molecular formula is C18H19ClN4O2. The van der Waals surface area contributed by atoms with Crippen molar-refractivity contribution in [3.63, 3.8) is 0 Å². The second-order valence-electron chi connectivity index (χ2n) is 6.14. The summed E-state index contributed by atoms with van der Waals surface area (Å²) in [5.74, 6) is 0.225. The zero-order valence-electron chi connectivity index (χ0n) is 13.9. The normalized spacial score (nSPS) is 15.0. The molecular weight excluding hydrogens is 340 g/mol. The van der Waals surface area contributed by atoms with E-state index in [9.17, 15) is 9.59 Å². The summed E-state index contributed by atoms with van der Waals surface area (Å²) in [6, 6.07) is 6.89. The maximum Gasteiger partial charge on any atom is 0.272 e. The van der Waals surface area contributed by atoms with Crippen LogP contribution in [0, 0.1) is 12.8 Å². The molecule has 1 fully saturated rings. The van der Waals surface area contributed by atoms with Crippen LogP contribution >= 0.6 is 11.6 Å². The summed E-state index contributed by atoms with van der Waals surface area (Å²) in [7, 11) is 0. The predicted octanol–water partition coefficient (Wildman–Crippen LogP) is 2.93. The number of carbonyl (C=O) groups excluding carboxylic acids is 2. The van der Waals surface area contributed by atoms with E-state index in [0.717, 1.165) is 5.56 Å². The summed E-state index contributed by atoms with van der Waals surface area (Å²) in [6.45, 7) is 2.99. The molecule has 6 nitrogen and oxygen atoms in total. The van der Waals surface area contributed by atoms with Crippen LogP contribution in [0.5, 0.6) is 0 Å². The minimum atomic E-state index is -0.151. The predicted molar refractivity (Wildman–Crippen MR) is 95.5 cm³/mol.